The Balaban J connectivity index is 2.07. The Morgan fingerprint density at radius 2 is 1.79 bits per heavy atom. The van der Waals surface area contributed by atoms with Crippen molar-refractivity contribution in [3.8, 4) is 23.2 Å². The van der Waals surface area contributed by atoms with Gasteiger partial charge in [-0.2, -0.15) is 5.26 Å². The number of nitrogens with zero attached hydrogens (tertiary/aromatic N) is 3. The van der Waals surface area contributed by atoms with Crippen LogP contribution in [0.1, 0.15) is 5.56 Å². The lowest BCUT2D eigenvalue weighted by Crippen LogP contribution is -2.03. The lowest BCUT2D eigenvalue weighted by Gasteiger charge is -2.06. The Morgan fingerprint density at radius 3 is 2.37 bits per heavy atom. The first-order valence-electron chi connectivity index (χ1n) is 5.78. The zero-order valence-electron chi connectivity index (χ0n) is 10.5. The summed E-state index contributed by atoms with van der Waals surface area (Å²) < 4.78 is 10.4. The smallest absolute Gasteiger partial charge is 0.159 e. The van der Waals surface area contributed by atoms with Crippen LogP contribution < -0.4 is 4.74 Å². The van der Waals surface area contributed by atoms with Crippen LogP contribution in [0.3, 0.4) is 0 Å². The van der Waals surface area contributed by atoms with Gasteiger partial charge in [-0.3, -0.25) is 0 Å². The van der Waals surface area contributed by atoms with E-state index in [4.69, 9.17) is 14.7 Å². The first-order chi connectivity index (χ1) is 9.33. The van der Waals surface area contributed by atoms with Crippen molar-refractivity contribution in [1.82, 2.24) is 9.97 Å². The fourth-order valence-electron chi connectivity index (χ4n) is 1.48. The Labute approximate surface area is 111 Å². The van der Waals surface area contributed by atoms with E-state index >= 15 is 0 Å². The topological polar surface area (TPSA) is 68.0 Å². The molecule has 5 heteroatoms. The highest BCUT2D eigenvalue weighted by atomic mass is 16.5. The van der Waals surface area contributed by atoms with Crippen LogP contribution in [0.15, 0.2) is 36.7 Å². The van der Waals surface area contributed by atoms with Crippen LogP contribution in [0.4, 0.5) is 0 Å². The molecule has 0 bridgehead atoms. The first-order valence-corrected chi connectivity index (χ1v) is 5.78. The summed E-state index contributed by atoms with van der Waals surface area (Å²) in [6.07, 6.45) is 3.01. The van der Waals surface area contributed by atoms with E-state index in [1.165, 1.54) is 12.4 Å². The second-order valence-electron chi connectivity index (χ2n) is 3.77. The van der Waals surface area contributed by atoms with Crippen molar-refractivity contribution in [3.05, 3.63) is 42.2 Å². The Kier molecular flexibility index (Phi) is 4.43. The summed E-state index contributed by atoms with van der Waals surface area (Å²) in [6.45, 7) is 1.07. The molecule has 1 heterocycles. The molecule has 0 amide bonds. The Morgan fingerprint density at radius 1 is 1.11 bits per heavy atom. The molecule has 2 rings (SSSR count). The first kappa shape index (κ1) is 13.0. The lowest BCUT2D eigenvalue weighted by atomic mass is 10.2. The lowest BCUT2D eigenvalue weighted by molar-refractivity contribution is 0.146. The molecule has 5 nitrogen and oxygen atoms in total. The Bertz CT molecular complexity index is 559. The molecular formula is C14H13N3O2. The molecule has 0 saturated carbocycles. The van der Waals surface area contributed by atoms with Gasteiger partial charge in [-0.1, -0.05) is 0 Å². The van der Waals surface area contributed by atoms with Gasteiger partial charge in [0.25, 0.3) is 0 Å². The molecule has 2 aromatic rings. The van der Waals surface area contributed by atoms with Gasteiger partial charge in [0, 0.05) is 25.1 Å². The molecule has 0 aliphatic rings. The normalized spacial score (nSPS) is 9.89. The molecule has 19 heavy (non-hydrogen) atoms. The van der Waals surface area contributed by atoms with Crippen molar-refractivity contribution in [3.63, 3.8) is 0 Å². The molecule has 0 aliphatic carbocycles. The second-order valence-corrected chi connectivity index (χ2v) is 3.77. The number of benzene rings is 1. The van der Waals surface area contributed by atoms with Gasteiger partial charge in [0.05, 0.1) is 12.2 Å². The quantitative estimate of drug-likeness (QED) is 0.765. The van der Waals surface area contributed by atoms with Gasteiger partial charge in [-0.25, -0.2) is 9.97 Å². The maximum Gasteiger partial charge on any atom is 0.159 e. The summed E-state index contributed by atoms with van der Waals surface area (Å²) in [5.41, 5.74) is 1.33. The second kappa shape index (κ2) is 6.47. The summed E-state index contributed by atoms with van der Waals surface area (Å²) in [5, 5.41) is 8.68. The van der Waals surface area contributed by atoms with E-state index in [0.29, 0.717) is 24.6 Å². The molecule has 0 unspecified atom stereocenters. The summed E-state index contributed by atoms with van der Waals surface area (Å²) in [7, 11) is 1.63. The van der Waals surface area contributed by atoms with E-state index in [-0.39, 0.29) is 0 Å². The molecule has 0 saturated heterocycles. The fourth-order valence-corrected chi connectivity index (χ4v) is 1.48. The highest BCUT2D eigenvalue weighted by molar-refractivity contribution is 5.56. The number of ether oxygens (including phenoxy) is 2. The number of methoxy groups -OCH3 is 1. The van der Waals surface area contributed by atoms with Gasteiger partial charge < -0.3 is 9.47 Å². The predicted molar refractivity (Wildman–Crippen MR) is 69.6 cm³/mol. The predicted octanol–water partition coefficient (Wildman–Crippen LogP) is 2.04. The minimum atomic E-state index is 0.447. The number of nitriles is 1. The van der Waals surface area contributed by atoms with Crippen LogP contribution >= 0.6 is 0 Å². The summed E-state index contributed by atoms with van der Waals surface area (Å²) in [5.74, 6) is 1.36. The Hall–Kier alpha value is -2.45. The SMILES string of the molecule is COCCOc1ccc(-c2ncc(C#N)cn2)cc1. The number of rotatable bonds is 5. The van der Waals surface area contributed by atoms with Crippen LogP contribution in [-0.2, 0) is 4.74 Å². The van der Waals surface area contributed by atoms with Crippen molar-refractivity contribution in [1.29, 1.82) is 5.26 Å². The van der Waals surface area contributed by atoms with Gasteiger partial charge >= 0.3 is 0 Å². The molecule has 0 aliphatic heterocycles. The average Bonchev–Trinajstić information content (AvgIpc) is 2.48. The van der Waals surface area contributed by atoms with E-state index in [1.807, 2.05) is 30.3 Å². The molecule has 1 aromatic carbocycles. The molecule has 96 valence electrons. The molecule has 1 aromatic heterocycles. The number of hydrogen-bond acceptors (Lipinski definition) is 5. The van der Waals surface area contributed by atoms with E-state index in [0.717, 1.165) is 11.3 Å². The van der Waals surface area contributed by atoms with Crippen molar-refractivity contribution < 1.29 is 9.47 Å². The summed E-state index contributed by atoms with van der Waals surface area (Å²) in [4.78, 5) is 8.26. The van der Waals surface area contributed by atoms with Crippen LogP contribution in [0.25, 0.3) is 11.4 Å². The van der Waals surface area contributed by atoms with Crippen molar-refractivity contribution >= 4 is 0 Å². The third-order valence-electron chi connectivity index (χ3n) is 2.45. The van der Waals surface area contributed by atoms with Crippen molar-refractivity contribution in [2.45, 2.75) is 0 Å². The minimum absolute atomic E-state index is 0.447. The zero-order chi connectivity index (χ0) is 13.5. The molecular weight excluding hydrogens is 242 g/mol. The van der Waals surface area contributed by atoms with Crippen LogP contribution in [0.5, 0.6) is 5.75 Å². The van der Waals surface area contributed by atoms with Gasteiger partial charge in [-0.15, -0.1) is 0 Å². The van der Waals surface area contributed by atoms with E-state index < -0.39 is 0 Å². The van der Waals surface area contributed by atoms with E-state index in [9.17, 15) is 0 Å². The number of hydrogen-bond donors (Lipinski definition) is 0. The van der Waals surface area contributed by atoms with Gasteiger partial charge in [0.15, 0.2) is 5.82 Å². The van der Waals surface area contributed by atoms with Crippen LogP contribution in [0, 0.1) is 11.3 Å². The largest absolute Gasteiger partial charge is 0.491 e. The zero-order valence-corrected chi connectivity index (χ0v) is 10.5. The van der Waals surface area contributed by atoms with Crippen LogP contribution in [0.2, 0.25) is 0 Å². The molecule has 0 spiro atoms. The maximum atomic E-state index is 8.68. The van der Waals surface area contributed by atoms with Crippen LogP contribution in [-0.4, -0.2) is 30.3 Å². The minimum Gasteiger partial charge on any atom is -0.491 e. The highest BCUT2D eigenvalue weighted by Gasteiger charge is 2.02. The van der Waals surface area contributed by atoms with Gasteiger partial charge in [0.1, 0.15) is 18.4 Å². The van der Waals surface area contributed by atoms with Crippen molar-refractivity contribution in [2.75, 3.05) is 20.3 Å². The average molecular weight is 255 g/mol. The standard InChI is InChI=1S/C14H13N3O2/c1-18-6-7-19-13-4-2-12(3-5-13)14-16-9-11(8-15)10-17-14/h2-5,9-10H,6-7H2,1H3. The maximum absolute atomic E-state index is 8.68. The van der Waals surface area contributed by atoms with Crippen molar-refractivity contribution in [2.24, 2.45) is 0 Å². The summed E-state index contributed by atoms with van der Waals surface area (Å²) in [6, 6.07) is 9.45. The van der Waals surface area contributed by atoms with E-state index in [2.05, 4.69) is 9.97 Å². The molecule has 0 atom stereocenters. The third-order valence-corrected chi connectivity index (χ3v) is 2.45. The van der Waals surface area contributed by atoms with E-state index in [1.54, 1.807) is 7.11 Å². The fraction of sp³-hybridized carbons (Fsp3) is 0.214. The number of aromatic nitrogens is 2. The molecule has 0 radical (unpaired) electrons. The van der Waals surface area contributed by atoms with Gasteiger partial charge in [-0.05, 0) is 24.3 Å². The molecule has 0 fully saturated rings. The third kappa shape index (κ3) is 3.50. The summed E-state index contributed by atoms with van der Waals surface area (Å²) >= 11 is 0. The molecule has 0 N–H and O–H groups in total. The monoisotopic (exact) mass is 255 g/mol. The highest BCUT2D eigenvalue weighted by Crippen LogP contribution is 2.19. The van der Waals surface area contributed by atoms with Gasteiger partial charge in [0.2, 0.25) is 0 Å².